The summed E-state index contributed by atoms with van der Waals surface area (Å²) in [6.45, 7) is 1.50. The Morgan fingerprint density at radius 2 is 2.15 bits per heavy atom. The van der Waals surface area contributed by atoms with Crippen molar-refractivity contribution in [3.63, 3.8) is 0 Å². The van der Waals surface area contributed by atoms with Gasteiger partial charge < -0.3 is 15.4 Å². The number of carbonyl (C=O) groups excluding carboxylic acids is 1. The van der Waals surface area contributed by atoms with Crippen molar-refractivity contribution in [2.45, 2.75) is 31.8 Å². The average molecular weight is 364 g/mol. The van der Waals surface area contributed by atoms with E-state index in [-0.39, 0.29) is 12.0 Å². The number of pyridine rings is 1. The van der Waals surface area contributed by atoms with E-state index in [2.05, 4.69) is 21.7 Å². The molecule has 1 saturated heterocycles. The SMILES string of the molecule is CNC(=O)c1ccc(-c2ccccc2C#N)nc1NCCC1CCCCO1. The lowest BCUT2D eigenvalue weighted by molar-refractivity contribution is 0.0134. The Kier molecular flexibility index (Phi) is 6.39. The Bertz CT molecular complexity index is 838. The number of hydrogen-bond donors (Lipinski definition) is 2. The minimum absolute atomic E-state index is 0.195. The summed E-state index contributed by atoms with van der Waals surface area (Å²) in [6, 6.07) is 13.0. The van der Waals surface area contributed by atoms with E-state index in [0.29, 0.717) is 29.2 Å². The van der Waals surface area contributed by atoms with Gasteiger partial charge in [0.1, 0.15) is 5.82 Å². The van der Waals surface area contributed by atoms with Crippen LogP contribution in [0, 0.1) is 11.3 Å². The number of hydrogen-bond acceptors (Lipinski definition) is 5. The van der Waals surface area contributed by atoms with Crippen molar-refractivity contribution in [1.82, 2.24) is 10.3 Å². The van der Waals surface area contributed by atoms with E-state index >= 15 is 0 Å². The lowest BCUT2D eigenvalue weighted by Crippen LogP contribution is -2.24. The lowest BCUT2D eigenvalue weighted by atomic mass is 10.0. The predicted octanol–water partition coefficient (Wildman–Crippen LogP) is 3.35. The van der Waals surface area contributed by atoms with Gasteiger partial charge in [0, 0.05) is 25.8 Å². The number of nitriles is 1. The molecule has 0 aliphatic carbocycles. The first-order valence-electron chi connectivity index (χ1n) is 9.31. The molecule has 1 aliphatic heterocycles. The van der Waals surface area contributed by atoms with Gasteiger partial charge in [-0.05, 0) is 43.9 Å². The van der Waals surface area contributed by atoms with Crippen molar-refractivity contribution in [3.05, 3.63) is 47.5 Å². The molecule has 1 aromatic carbocycles. The van der Waals surface area contributed by atoms with Crippen molar-refractivity contribution in [1.29, 1.82) is 5.26 Å². The van der Waals surface area contributed by atoms with Gasteiger partial charge in [0.15, 0.2) is 0 Å². The molecule has 1 aliphatic rings. The van der Waals surface area contributed by atoms with Crippen LogP contribution < -0.4 is 10.6 Å². The van der Waals surface area contributed by atoms with Crippen molar-refractivity contribution >= 4 is 11.7 Å². The standard InChI is InChI=1S/C21H24N4O2/c1-23-21(26)18-9-10-19(17-8-3-2-6-15(17)14-22)25-20(18)24-12-11-16-7-4-5-13-27-16/h2-3,6,8-10,16H,4-5,7,11-13H2,1H3,(H,23,26)(H,24,25). The quantitative estimate of drug-likeness (QED) is 0.821. The maximum atomic E-state index is 12.2. The second-order valence-corrected chi connectivity index (χ2v) is 6.53. The summed E-state index contributed by atoms with van der Waals surface area (Å²) in [4.78, 5) is 16.8. The van der Waals surface area contributed by atoms with Crippen LogP contribution in [0.2, 0.25) is 0 Å². The molecule has 1 unspecified atom stereocenters. The number of nitrogens with one attached hydrogen (secondary N) is 2. The lowest BCUT2D eigenvalue weighted by Gasteiger charge is -2.23. The normalized spacial score (nSPS) is 16.4. The summed E-state index contributed by atoms with van der Waals surface area (Å²) < 4.78 is 5.76. The molecule has 0 spiro atoms. The first-order valence-corrected chi connectivity index (χ1v) is 9.31. The Morgan fingerprint density at radius 1 is 1.30 bits per heavy atom. The highest BCUT2D eigenvalue weighted by Crippen LogP contribution is 2.25. The van der Waals surface area contributed by atoms with Crippen LogP contribution in [0.1, 0.15) is 41.6 Å². The summed E-state index contributed by atoms with van der Waals surface area (Å²) >= 11 is 0. The van der Waals surface area contributed by atoms with Gasteiger partial charge in [-0.1, -0.05) is 18.2 Å². The largest absolute Gasteiger partial charge is 0.378 e. The summed E-state index contributed by atoms with van der Waals surface area (Å²) in [6.07, 6.45) is 4.54. The third-order valence-electron chi connectivity index (χ3n) is 4.72. The molecule has 6 nitrogen and oxygen atoms in total. The van der Waals surface area contributed by atoms with E-state index in [1.807, 2.05) is 18.2 Å². The molecule has 1 aromatic heterocycles. The van der Waals surface area contributed by atoms with Crippen molar-refractivity contribution in [2.75, 3.05) is 25.5 Å². The molecule has 2 N–H and O–H groups in total. The summed E-state index contributed by atoms with van der Waals surface area (Å²) in [5.74, 6) is 0.328. The van der Waals surface area contributed by atoms with E-state index < -0.39 is 0 Å². The van der Waals surface area contributed by atoms with Gasteiger partial charge >= 0.3 is 0 Å². The minimum atomic E-state index is -0.195. The van der Waals surface area contributed by atoms with Crippen LogP contribution in [0.4, 0.5) is 5.82 Å². The van der Waals surface area contributed by atoms with Gasteiger partial charge in [-0.3, -0.25) is 4.79 Å². The van der Waals surface area contributed by atoms with Crippen LogP contribution >= 0.6 is 0 Å². The van der Waals surface area contributed by atoms with E-state index in [4.69, 9.17) is 4.74 Å². The van der Waals surface area contributed by atoms with Crippen LogP contribution in [0.25, 0.3) is 11.3 Å². The molecule has 6 heteroatoms. The number of rotatable bonds is 6. The number of anilines is 1. The van der Waals surface area contributed by atoms with Gasteiger partial charge in [-0.25, -0.2) is 4.98 Å². The fourth-order valence-electron chi connectivity index (χ4n) is 3.25. The molecule has 3 rings (SSSR count). The maximum Gasteiger partial charge on any atom is 0.254 e. The van der Waals surface area contributed by atoms with Gasteiger partial charge in [0.25, 0.3) is 5.91 Å². The summed E-state index contributed by atoms with van der Waals surface area (Å²) in [5.41, 5.74) is 2.46. The van der Waals surface area contributed by atoms with Crippen LogP contribution in [0.15, 0.2) is 36.4 Å². The number of amides is 1. The molecule has 27 heavy (non-hydrogen) atoms. The van der Waals surface area contributed by atoms with Gasteiger partial charge in [0.2, 0.25) is 0 Å². The van der Waals surface area contributed by atoms with Gasteiger partial charge in [-0.2, -0.15) is 5.26 Å². The van der Waals surface area contributed by atoms with Crippen molar-refractivity contribution in [2.24, 2.45) is 0 Å². The van der Waals surface area contributed by atoms with Gasteiger partial charge in [0.05, 0.1) is 29.0 Å². The van der Waals surface area contributed by atoms with E-state index in [0.717, 1.165) is 31.4 Å². The maximum absolute atomic E-state index is 12.2. The van der Waals surface area contributed by atoms with Crippen molar-refractivity contribution < 1.29 is 9.53 Å². The highest BCUT2D eigenvalue weighted by atomic mass is 16.5. The molecule has 1 fully saturated rings. The highest BCUT2D eigenvalue weighted by molar-refractivity contribution is 5.99. The molecule has 2 aromatic rings. The molecular formula is C21H24N4O2. The van der Waals surface area contributed by atoms with Gasteiger partial charge in [-0.15, -0.1) is 0 Å². The predicted molar refractivity (Wildman–Crippen MR) is 104 cm³/mol. The number of ether oxygens (including phenoxy) is 1. The number of aromatic nitrogens is 1. The molecule has 0 saturated carbocycles. The van der Waals surface area contributed by atoms with Crippen LogP contribution in [-0.2, 0) is 4.74 Å². The summed E-state index contributed by atoms with van der Waals surface area (Å²) in [5, 5.41) is 15.3. The topological polar surface area (TPSA) is 87.0 Å². The Morgan fingerprint density at radius 3 is 2.89 bits per heavy atom. The fourth-order valence-corrected chi connectivity index (χ4v) is 3.25. The smallest absolute Gasteiger partial charge is 0.254 e. The minimum Gasteiger partial charge on any atom is -0.378 e. The highest BCUT2D eigenvalue weighted by Gasteiger charge is 2.16. The molecule has 140 valence electrons. The fraction of sp³-hybridized carbons (Fsp3) is 0.381. The molecule has 1 atom stereocenters. The van der Waals surface area contributed by atoms with E-state index in [1.165, 1.54) is 6.42 Å². The Labute approximate surface area is 159 Å². The molecule has 0 radical (unpaired) electrons. The average Bonchev–Trinajstić information content (AvgIpc) is 2.74. The molecule has 1 amide bonds. The zero-order valence-electron chi connectivity index (χ0n) is 15.5. The molecule has 0 bridgehead atoms. The number of benzene rings is 1. The first kappa shape index (κ1) is 18.9. The van der Waals surface area contributed by atoms with Crippen LogP contribution in [0.3, 0.4) is 0 Å². The van der Waals surface area contributed by atoms with Crippen LogP contribution in [0.5, 0.6) is 0 Å². The molecular weight excluding hydrogens is 340 g/mol. The number of carbonyl (C=O) groups is 1. The van der Waals surface area contributed by atoms with E-state index in [1.54, 1.807) is 25.2 Å². The third-order valence-corrected chi connectivity index (χ3v) is 4.72. The monoisotopic (exact) mass is 364 g/mol. The number of nitrogens with zero attached hydrogens (tertiary/aromatic N) is 2. The van der Waals surface area contributed by atoms with Crippen LogP contribution in [-0.4, -0.2) is 37.2 Å². The summed E-state index contributed by atoms with van der Waals surface area (Å²) in [7, 11) is 1.60. The zero-order chi connectivity index (χ0) is 19.1. The van der Waals surface area contributed by atoms with Crippen molar-refractivity contribution in [3.8, 4) is 17.3 Å². The second-order valence-electron chi connectivity index (χ2n) is 6.53. The zero-order valence-corrected chi connectivity index (χ0v) is 15.5. The first-order chi connectivity index (χ1) is 13.2. The molecule has 2 heterocycles. The van der Waals surface area contributed by atoms with E-state index in [9.17, 15) is 10.1 Å². The third kappa shape index (κ3) is 4.63. The second kappa shape index (κ2) is 9.15. The Hall–Kier alpha value is -2.91. The Balaban J connectivity index is 1.82.